The molecule has 2 rings (SSSR count). The Balaban J connectivity index is 2.21. The predicted molar refractivity (Wildman–Crippen MR) is 70.0 cm³/mol. The Morgan fingerprint density at radius 1 is 1.41 bits per heavy atom. The Morgan fingerprint density at radius 3 is 2.76 bits per heavy atom. The SMILES string of the molecule is O=C1NCCN(c2ccc(Br)cc2)C1CCO. The standard InChI is InChI=1S/C12H15BrN2O2/c13-9-1-3-10(4-2-9)15-7-6-14-12(17)11(15)5-8-16/h1-4,11,16H,5-8H2,(H,14,17). The summed E-state index contributed by atoms with van der Waals surface area (Å²) >= 11 is 3.39. The van der Waals surface area contributed by atoms with Crippen LogP contribution in [0.25, 0.3) is 0 Å². The van der Waals surface area contributed by atoms with Crippen LogP contribution in [0.1, 0.15) is 6.42 Å². The first-order chi connectivity index (χ1) is 8.22. The third kappa shape index (κ3) is 2.79. The van der Waals surface area contributed by atoms with E-state index in [1.54, 1.807) is 0 Å². The topological polar surface area (TPSA) is 52.6 Å². The van der Waals surface area contributed by atoms with E-state index in [2.05, 4.69) is 21.2 Å². The Hall–Kier alpha value is -1.07. The zero-order chi connectivity index (χ0) is 12.3. The summed E-state index contributed by atoms with van der Waals surface area (Å²) in [5.41, 5.74) is 1.02. The van der Waals surface area contributed by atoms with Crippen LogP contribution in [0, 0.1) is 0 Å². The maximum absolute atomic E-state index is 11.8. The molecule has 1 unspecified atom stereocenters. The molecule has 1 aromatic carbocycles. The van der Waals surface area contributed by atoms with E-state index in [0.29, 0.717) is 13.0 Å². The number of anilines is 1. The highest BCUT2D eigenvalue weighted by molar-refractivity contribution is 9.10. The average Bonchev–Trinajstić information content (AvgIpc) is 2.33. The number of aliphatic hydroxyl groups excluding tert-OH is 1. The Morgan fingerprint density at radius 2 is 2.12 bits per heavy atom. The summed E-state index contributed by atoms with van der Waals surface area (Å²) < 4.78 is 1.02. The molecule has 17 heavy (non-hydrogen) atoms. The minimum atomic E-state index is -0.269. The van der Waals surface area contributed by atoms with Crippen LogP contribution in [0.3, 0.4) is 0 Å². The fourth-order valence-corrected chi connectivity index (χ4v) is 2.33. The van der Waals surface area contributed by atoms with Crippen LogP contribution in [0.15, 0.2) is 28.7 Å². The quantitative estimate of drug-likeness (QED) is 0.880. The molecule has 1 saturated heterocycles. The molecular formula is C12H15BrN2O2. The summed E-state index contributed by atoms with van der Waals surface area (Å²) in [4.78, 5) is 13.8. The molecule has 4 nitrogen and oxygen atoms in total. The van der Waals surface area contributed by atoms with Crippen LogP contribution in [0.5, 0.6) is 0 Å². The Kier molecular flexibility index (Phi) is 4.02. The predicted octanol–water partition coefficient (Wildman–Crippen LogP) is 1.14. The molecule has 1 atom stereocenters. The molecule has 1 fully saturated rings. The third-order valence-corrected chi connectivity index (χ3v) is 3.42. The molecule has 0 aromatic heterocycles. The van der Waals surface area contributed by atoms with Gasteiger partial charge >= 0.3 is 0 Å². The van der Waals surface area contributed by atoms with Crippen molar-refractivity contribution >= 4 is 27.5 Å². The second kappa shape index (κ2) is 5.51. The molecule has 1 aliphatic heterocycles. The van der Waals surface area contributed by atoms with Crippen LogP contribution in [-0.4, -0.2) is 36.8 Å². The normalized spacial score (nSPS) is 20.2. The van der Waals surface area contributed by atoms with Crippen LogP contribution < -0.4 is 10.2 Å². The van der Waals surface area contributed by atoms with Gasteiger partial charge in [0.25, 0.3) is 0 Å². The van der Waals surface area contributed by atoms with Gasteiger partial charge in [0.05, 0.1) is 0 Å². The van der Waals surface area contributed by atoms with Gasteiger partial charge in [-0.3, -0.25) is 4.79 Å². The van der Waals surface area contributed by atoms with Gasteiger partial charge in [0, 0.05) is 29.9 Å². The van der Waals surface area contributed by atoms with Gasteiger partial charge in [-0.1, -0.05) is 15.9 Å². The van der Waals surface area contributed by atoms with Crippen molar-refractivity contribution in [2.75, 3.05) is 24.6 Å². The van der Waals surface area contributed by atoms with E-state index in [-0.39, 0.29) is 18.6 Å². The first-order valence-corrected chi connectivity index (χ1v) is 6.42. The highest BCUT2D eigenvalue weighted by Crippen LogP contribution is 2.22. The molecule has 1 aromatic rings. The van der Waals surface area contributed by atoms with Gasteiger partial charge < -0.3 is 15.3 Å². The Bertz CT molecular complexity index is 394. The van der Waals surface area contributed by atoms with E-state index in [0.717, 1.165) is 16.7 Å². The van der Waals surface area contributed by atoms with E-state index in [4.69, 9.17) is 5.11 Å². The van der Waals surface area contributed by atoms with E-state index in [1.807, 2.05) is 29.2 Å². The molecule has 0 saturated carbocycles. The molecule has 0 spiro atoms. The van der Waals surface area contributed by atoms with Gasteiger partial charge in [0.15, 0.2) is 0 Å². The van der Waals surface area contributed by atoms with E-state index in [1.165, 1.54) is 0 Å². The number of carbonyl (C=O) groups excluding carboxylic acids is 1. The number of rotatable bonds is 3. The van der Waals surface area contributed by atoms with Crippen molar-refractivity contribution in [1.29, 1.82) is 0 Å². The second-order valence-corrected chi connectivity index (χ2v) is 4.90. The number of halogens is 1. The van der Waals surface area contributed by atoms with Crippen molar-refractivity contribution in [3.05, 3.63) is 28.7 Å². The lowest BCUT2D eigenvalue weighted by molar-refractivity contribution is -0.123. The van der Waals surface area contributed by atoms with Gasteiger partial charge in [-0.05, 0) is 30.7 Å². The summed E-state index contributed by atoms with van der Waals surface area (Å²) in [6, 6.07) is 7.60. The van der Waals surface area contributed by atoms with Gasteiger partial charge in [-0.2, -0.15) is 0 Å². The lowest BCUT2D eigenvalue weighted by Gasteiger charge is -2.36. The van der Waals surface area contributed by atoms with Crippen molar-refractivity contribution < 1.29 is 9.90 Å². The summed E-state index contributed by atoms with van der Waals surface area (Å²) in [6.07, 6.45) is 0.460. The van der Waals surface area contributed by atoms with Crippen LogP contribution >= 0.6 is 15.9 Å². The van der Waals surface area contributed by atoms with E-state index >= 15 is 0 Å². The molecular weight excluding hydrogens is 284 g/mol. The molecule has 92 valence electrons. The third-order valence-electron chi connectivity index (χ3n) is 2.89. The summed E-state index contributed by atoms with van der Waals surface area (Å²) in [5.74, 6) is -0.00628. The maximum Gasteiger partial charge on any atom is 0.242 e. The highest BCUT2D eigenvalue weighted by atomic mass is 79.9. The first-order valence-electron chi connectivity index (χ1n) is 5.63. The number of piperazine rings is 1. The molecule has 5 heteroatoms. The first kappa shape index (κ1) is 12.4. The summed E-state index contributed by atoms with van der Waals surface area (Å²) in [5, 5.41) is 11.9. The summed E-state index contributed by atoms with van der Waals surface area (Å²) in [7, 11) is 0. The Labute approximate surface area is 109 Å². The molecule has 2 N–H and O–H groups in total. The number of amides is 1. The second-order valence-electron chi connectivity index (χ2n) is 3.99. The number of benzene rings is 1. The van der Waals surface area contributed by atoms with Crippen molar-refractivity contribution in [3.63, 3.8) is 0 Å². The average molecular weight is 299 g/mol. The van der Waals surface area contributed by atoms with Crippen molar-refractivity contribution in [2.45, 2.75) is 12.5 Å². The number of hydrogen-bond donors (Lipinski definition) is 2. The van der Waals surface area contributed by atoms with Crippen molar-refractivity contribution in [3.8, 4) is 0 Å². The molecule has 0 radical (unpaired) electrons. The molecule has 0 bridgehead atoms. The lowest BCUT2D eigenvalue weighted by atomic mass is 10.1. The van der Waals surface area contributed by atoms with Crippen LogP contribution in [0.4, 0.5) is 5.69 Å². The van der Waals surface area contributed by atoms with E-state index < -0.39 is 0 Å². The van der Waals surface area contributed by atoms with Crippen molar-refractivity contribution in [2.24, 2.45) is 0 Å². The smallest absolute Gasteiger partial charge is 0.242 e. The zero-order valence-corrected chi connectivity index (χ0v) is 11.0. The highest BCUT2D eigenvalue weighted by Gasteiger charge is 2.29. The van der Waals surface area contributed by atoms with E-state index in [9.17, 15) is 4.79 Å². The number of hydrogen-bond acceptors (Lipinski definition) is 3. The maximum atomic E-state index is 11.8. The van der Waals surface area contributed by atoms with Crippen molar-refractivity contribution in [1.82, 2.24) is 5.32 Å². The molecule has 1 aliphatic rings. The fraction of sp³-hybridized carbons (Fsp3) is 0.417. The lowest BCUT2D eigenvalue weighted by Crippen LogP contribution is -2.55. The summed E-state index contributed by atoms with van der Waals surface area (Å²) in [6.45, 7) is 1.44. The minimum Gasteiger partial charge on any atom is -0.396 e. The number of nitrogens with one attached hydrogen (secondary N) is 1. The fourth-order valence-electron chi connectivity index (χ4n) is 2.07. The largest absolute Gasteiger partial charge is 0.396 e. The molecule has 0 aliphatic carbocycles. The van der Waals surface area contributed by atoms with Crippen LogP contribution in [-0.2, 0) is 4.79 Å². The minimum absolute atomic E-state index is 0.00628. The molecule has 1 amide bonds. The van der Waals surface area contributed by atoms with Gasteiger partial charge in [-0.25, -0.2) is 0 Å². The number of carbonyl (C=O) groups is 1. The van der Waals surface area contributed by atoms with Gasteiger partial charge in [-0.15, -0.1) is 0 Å². The zero-order valence-electron chi connectivity index (χ0n) is 9.40. The number of aliphatic hydroxyl groups is 1. The monoisotopic (exact) mass is 298 g/mol. The molecule has 1 heterocycles. The number of nitrogens with zero attached hydrogens (tertiary/aromatic N) is 1. The van der Waals surface area contributed by atoms with Gasteiger partial charge in [0.2, 0.25) is 5.91 Å². The van der Waals surface area contributed by atoms with Crippen LogP contribution in [0.2, 0.25) is 0 Å². The van der Waals surface area contributed by atoms with Gasteiger partial charge in [0.1, 0.15) is 6.04 Å².